The van der Waals surface area contributed by atoms with Crippen molar-refractivity contribution < 1.29 is 14.3 Å². The van der Waals surface area contributed by atoms with Gasteiger partial charge in [0.2, 0.25) is 0 Å². The van der Waals surface area contributed by atoms with Gasteiger partial charge in [-0.2, -0.15) is 0 Å². The SMILES string of the molecule is CC(CN1CCOCC1)N1C2=NC=CC(=O)C2=C(C(=O)N(C)C2=CC=CNC2)C1C. The van der Waals surface area contributed by atoms with Gasteiger partial charge < -0.3 is 19.9 Å². The predicted molar refractivity (Wildman–Crippen MR) is 115 cm³/mol. The number of carbonyl (C=O) groups is 2. The van der Waals surface area contributed by atoms with Crippen molar-refractivity contribution in [1.29, 1.82) is 0 Å². The lowest BCUT2D eigenvalue weighted by atomic mass is 10.00. The Morgan fingerprint density at radius 3 is 2.87 bits per heavy atom. The van der Waals surface area contributed by atoms with Crippen LogP contribution in [0.25, 0.3) is 0 Å². The normalized spacial score (nSPS) is 25.0. The number of likely N-dealkylation sites (N-methyl/N-ethyl adjacent to an activating group) is 1. The molecule has 0 aliphatic carbocycles. The summed E-state index contributed by atoms with van der Waals surface area (Å²) in [5, 5.41) is 3.12. The van der Waals surface area contributed by atoms with Crippen LogP contribution in [0.1, 0.15) is 13.8 Å². The highest BCUT2D eigenvalue weighted by atomic mass is 16.5. The summed E-state index contributed by atoms with van der Waals surface area (Å²) in [7, 11) is 1.76. The van der Waals surface area contributed by atoms with Crippen LogP contribution in [-0.4, -0.2) is 90.7 Å². The van der Waals surface area contributed by atoms with E-state index < -0.39 is 0 Å². The molecule has 8 nitrogen and oxygen atoms in total. The van der Waals surface area contributed by atoms with Crippen LogP contribution in [0, 0.1) is 0 Å². The Morgan fingerprint density at radius 2 is 2.17 bits per heavy atom. The minimum atomic E-state index is -0.235. The van der Waals surface area contributed by atoms with Gasteiger partial charge in [0.15, 0.2) is 5.78 Å². The van der Waals surface area contributed by atoms with E-state index in [1.807, 2.05) is 25.3 Å². The Balaban J connectivity index is 1.62. The van der Waals surface area contributed by atoms with Gasteiger partial charge >= 0.3 is 0 Å². The monoisotopic (exact) mass is 411 g/mol. The minimum absolute atomic E-state index is 0.0975. The van der Waals surface area contributed by atoms with Crippen LogP contribution in [0.15, 0.2) is 52.5 Å². The number of morpholine rings is 1. The van der Waals surface area contributed by atoms with Crippen molar-refractivity contribution in [3.8, 4) is 0 Å². The van der Waals surface area contributed by atoms with Crippen LogP contribution in [0.4, 0.5) is 0 Å². The zero-order valence-electron chi connectivity index (χ0n) is 17.8. The molecule has 1 saturated heterocycles. The number of amides is 1. The lowest BCUT2D eigenvalue weighted by Crippen LogP contribution is -2.50. The van der Waals surface area contributed by atoms with E-state index >= 15 is 0 Å². The van der Waals surface area contributed by atoms with Gasteiger partial charge in [0, 0.05) is 50.7 Å². The number of ketones is 1. The van der Waals surface area contributed by atoms with E-state index in [1.165, 1.54) is 12.3 Å². The summed E-state index contributed by atoms with van der Waals surface area (Å²) in [6.07, 6.45) is 8.61. The van der Waals surface area contributed by atoms with Gasteiger partial charge in [-0.3, -0.25) is 14.5 Å². The number of rotatable bonds is 5. The highest BCUT2D eigenvalue weighted by Crippen LogP contribution is 2.33. The average Bonchev–Trinajstić information content (AvgIpc) is 3.07. The average molecular weight is 412 g/mol. The molecule has 30 heavy (non-hydrogen) atoms. The number of allylic oxidation sites excluding steroid dienone is 3. The summed E-state index contributed by atoms with van der Waals surface area (Å²) in [6, 6.07) is -0.137. The number of nitrogens with zero attached hydrogens (tertiary/aromatic N) is 4. The molecule has 8 heteroatoms. The van der Waals surface area contributed by atoms with E-state index in [4.69, 9.17) is 4.74 Å². The lowest BCUT2D eigenvalue weighted by Gasteiger charge is -2.37. The molecular formula is C22H29N5O3. The molecule has 4 heterocycles. The van der Waals surface area contributed by atoms with E-state index in [9.17, 15) is 9.59 Å². The van der Waals surface area contributed by atoms with Crippen LogP contribution < -0.4 is 5.32 Å². The predicted octanol–water partition coefficient (Wildman–Crippen LogP) is 0.662. The second kappa shape index (κ2) is 8.57. The second-order valence-corrected chi connectivity index (χ2v) is 8.03. The summed E-state index contributed by atoms with van der Waals surface area (Å²) in [5.74, 6) is 0.307. The number of dihydropyridines is 1. The van der Waals surface area contributed by atoms with Crippen molar-refractivity contribution in [1.82, 2.24) is 20.0 Å². The molecule has 160 valence electrons. The summed E-state index contributed by atoms with van der Waals surface area (Å²) in [4.78, 5) is 37.0. The molecule has 4 aliphatic rings. The zero-order chi connectivity index (χ0) is 21.3. The second-order valence-electron chi connectivity index (χ2n) is 8.03. The van der Waals surface area contributed by atoms with E-state index in [0.717, 1.165) is 38.5 Å². The van der Waals surface area contributed by atoms with E-state index in [2.05, 4.69) is 27.0 Å². The van der Waals surface area contributed by atoms with Gasteiger partial charge in [-0.15, -0.1) is 0 Å². The molecule has 0 aromatic rings. The van der Waals surface area contributed by atoms with Gasteiger partial charge in [-0.05, 0) is 32.2 Å². The van der Waals surface area contributed by atoms with Gasteiger partial charge in [0.25, 0.3) is 5.91 Å². The zero-order valence-corrected chi connectivity index (χ0v) is 17.8. The van der Waals surface area contributed by atoms with Crippen molar-refractivity contribution in [3.05, 3.63) is 47.5 Å². The van der Waals surface area contributed by atoms with Crippen LogP contribution in [0.5, 0.6) is 0 Å². The molecule has 4 aliphatic heterocycles. The first-order chi connectivity index (χ1) is 14.5. The van der Waals surface area contributed by atoms with E-state index in [-0.39, 0.29) is 23.8 Å². The molecule has 0 saturated carbocycles. The first-order valence-corrected chi connectivity index (χ1v) is 10.5. The Bertz CT molecular complexity index is 879. The smallest absolute Gasteiger partial charge is 0.256 e. The molecule has 2 unspecified atom stereocenters. The Labute approximate surface area is 177 Å². The van der Waals surface area contributed by atoms with Crippen molar-refractivity contribution in [3.63, 3.8) is 0 Å². The van der Waals surface area contributed by atoms with E-state index in [0.29, 0.717) is 23.5 Å². The van der Waals surface area contributed by atoms with Crippen molar-refractivity contribution >= 4 is 17.5 Å². The molecule has 0 spiro atoms. The summed E-state index contributed by atoms with van der Waals surface area (Å²) in [5.41, 5.74) is 1.82. The number of hydrogen-bond acceptors (Lipinski definition) is 7. The van der Waals surface area contributed by atoms with Crippen LogP contribution >= 0.6 is 0 Å². The molecule has 0 radical (unpaired) electrons. The Kier molecular flexibility index (Phi) is 5.87. The topological polar surface area (TPSA) is 77.5 Å². The number of amidine groups is 1. The molecule has 2 atom stereocenters. The molecule has 4 rings (SSSR count). The molecule has 1 fully saturated rings. The fourth-order valence-electron chi connectivity index (χ4n) is 4.53. The van der Waals surface area contributed by atoms with Gasteiger partial charge in [0.1, 0.15) is 5.84 Å². The number of fused-ring (bicyclic) bond motifs is 1. The summed E-state index contributed by atoms with van der Waals surface area (Å²) in [6.45, 7) is 8.77. The van der Waals surface area contributed by atoms with Gasteiger partial charge in [0.05, 0.1) is 36.9 Å². The quantitative estimate of drug-likeness (QED) is 0.716. The first kappa shape index (κ1) is 20.6. The molecule has 1 N–H and O–H groups in total. The van der Waals surface area contributed by atoms with Crippen LogP contribution in [0.3, 0.4) is 0 Å². The molecule has 0 aromatic heterocycles. The summed E-state index contributed by atoms with van der Waals surface area (Å²) < 4.78 is 5.45. The number of carbonyl (C=O) groups excluding carboxylic acids is 2. The van der Waals surface area contributed by atoms with Gasteiger partial charge in [-0.1, -0.05) is 0 Å². The third-order valence-corrected chi connectivity index (χ3v) is 6.09. The first-order valence-electron chi connectivity index (χ1n) is 10.5. The third-order valence-electron chi connectivity index (χ3n) is 6.09. The van der Waals surface area contributed by atoms with Gasteiger partial charge in [-0.25, -0.2) is 4.99 Å². The fraction of sp³-hybridized carbons (Fsp3) is 0.500. The fourth-order valence-corrected chi connectivity index (χ4v) is 4.53. The molecular weight excluding hydrogens is 382 g/mol. The standard InChI is InChI=1S/C22H29N5O3/c1-15(14-26-9-11-30-12-10-26)27-16(2)19(20-18(28)6-8-24-21(20)27)22(29)25(3)17-5-4-7-23-13-17/h4-8,15-16,23H,9-14H2,1-3H3. The highest BCUT2D eigenvalue weighted by molar-refractivity contribution is 6.32. The third kappa shape index (κ3) is 3.73. The van der Waals surface area contributed by atoms with Crippen molar-refractivity contribution in [2.75, 3.05) is 46.4 Å². The highest BCUT2D eigenvalue weighted by Gasteiger charge is 2.44. The lowest BCUT2D eigenvalue weighted by molar-refractivity contribution is -0.125. The maximum absolute atomic E-state index is 13.5. The number of hydrogen-bond donors (Lipinski definition) is 1. The summed E-state index contributed by atoms with van der Waals surface area (Å²) >= 11 is 0. The Hall–Kier alpha value is -2.71. The maximum atomic E-state index is 13.5. The van der Waals surface area contributed by atoms with E-state index in [1.54, 1.807) is 11.9 Å². The van der Waals surface area contributed by atoms with Crippen molar-refractivity contribution in [2.45, 2.75) is 25.9 Å². The number of ether oxygens (including phenoxy) is 1. The number of aliphatic imine (C=N–C) groups is 1. The number of nitrogens with one attached hydrogen (secondary N) is 1. The molecule has 1 amide bonds. The maximum Gasteiger partial charge on any atom is 0.256 e. The minimum Gasteiger partial charge on any atom is -0.385 e. The van der Waals surface area contributed by atoms with Crippen LogP contribution in [0.2, 0.25) is 0 Å². The Morgan fingerprint density at radius 1 is 1.40 bits per heavy atom. The molecule has 0 bridgehead atoms. The molecule has 0 aromatic carbocycles. The van der Waals surface area contributed by atoms with Crippen LogP contribution in [-0.2, 0) is 14.3 Å². The largest absolute Gasteiger partial charge is 0.385 e. The van der Waals surface area contributed by atoms with Crippen molar-refractivity contribution in [2.24, 2.45) is 4.99 Å².